The van der Waals surface area contributed by atoms with Crippen molar-refractivity contribution in [3.63, 3.8) is 0 Å². The lowest BCUT2D eigenvalue weighted by Crippen LogP contribution is -2.11. The summed E-state index contributed by atoms with van der Waals surface area (Å²) in [7, 11) is 5.67. The first-order valence-corrected chi connectivity index (χ1v) is 3.68. The predicted molar refractivity (Wildman–Crippen MR) is 50.6 cm³/mol. The highest BCUT2D eigenvalue weighted by Gasteiger charge is 2.05. The van der Waals surface area contributed by atoms with Crippen molar-refractivity contribution >= 4 is 30.0 Å². The molecule has 0 spiro atoms. The molecule has 1 aromatic heterocycles. The maximum absolute atomic E-state index is 5.73. The lowest BCUT2D eigenvalue weighted by Gasteiger charge is -2.04. The van der Waals surface area contributed by atoms with Gasteiger partial charge in [0, 0.05) is 5.69 Å². The molecule has 4 heteroatoms. The molecule has 3 nitrogen and oxygen atoms in total. The third-order valence-corrected chi connectivity index (χ3v) is 2.04. The van der Waals surface area contributed by atoms with E-state index in [1.807, 2.05) is 6.92 Å². The number of aryl methyl sites for hydroxylation is 1. The van der Waals surface area contributed by atoms with Crippen molar-refractivity contribution in [1.29, 1.82) is 0 Å². The first-order chi connectivity index (χ1) is 5.70. The molecule has 0 saturated heterocycles. The second kappa shape index (κ2) is 2.27. The van der Waals surface area contributed by atoms with Crippen LogP contribution in [0, 0.1) is 6.92 Å². The van der Waals surface area contributed by atoms with E-state index >= 15 is 0 Å². The molecule has 1 heterocycles. The monoisotopic (exact) mass is 157 g/mol. The van der Waals surface area contributed by atoms with Gasteiger partial charge in [0.2, 0.25) is 0 Å². The van der Waals surface area contributed by atoms with E-state index in [9.17, 15) is 0 Å². The quantitative estimate of drug-likeness (QED) is 0.425. The van der Waals surface area contributed by atoms with E-state index in [4.69, 9.17) is 13.6 Å². The third-order valence-electron chi connectivity index (χ3n) is 2.04. The molecule has 58 valence electrons. The van der Waals surface area contributed by atoms with Crippen LogP contribution >= 0.6 is 0 Å². The van der Waals surface area contributed by atoms with E-state index in [-0.39, 0.29) is 0 Å². The van der Waals surface area contributed by atoms with Crippen LogP contribution in [0.25, 0.3) is 11.0 Å². The number of nitrogen functional groups attached to an aromatic ring is 1. The van der Waals surface area contributed by atoms with Crippen LogP contribution in [-0.4, -0.2) is 17.8 Å². The Hall–Kier alpha value is -1.45. The molecule has 0 saturated carbocycles. The van der Waals surface area contributed by atoms with Gasteiger partial charge in [-0.15, -0.1) is 0 Å². The zero-order valence-electron chi connectivity index (χ0n) is 6.76. The van der Waals surface area contributed by atoms with Gasteiger partial charge in [0.05, 0.1) is 17.4 Å². The molecule has 0 amide bonds. The van der Waals surface area contributed by atoms with Gasteiger partial charge in [-0.3, -0.25) is 0 Å². The molecule has 0 bridgehead atoms. The van der Waals surface area contributed by atoms with Crippen molar-refractivity contribution in [1.82, 2.24) is 9.97 Å². The number of nitrogens with one attached hydrogen (secondary N) is 1. The minimum Gasteiger partial charge on any atom is -0.399 e. The zero-order valence-corrected chi connectivity index (χ0v) is 6.76. The summed E-state index contributed by atoms with van der Waals surface area (Å²) in [5, 5.41) is 0. The van der Waals surface area contributed by atoms with Crippen molar-refractivity contribution in [2.45, 2.75) is 6.92 Å². The normalized spacial score (nSPS) is 10.8. The fourth-order valence-electron chi connectivity index (χ4n) is 1.29. The number of H-pyrrole nitrogens is 1. The number of imidazole rings is 1. The topological polar surface area (TPSA) is 54.7 Å². The molecule has 0 aliphatic rings. The lowest BCUT2D eigenvalue weighted by molar-refractivity contribution is 1.34. The molecule has 12 heavy (non-hydrogen) atoms. The first kappa shape index (κ1) is 7.22. The largest absolute Gasteiger partial charge is 0.399 e. The summed E-state index contributed by atoms with van der Waals surface area (Å²) >= 11 is 0. The average molecular weight is 157 g/mol. The van der Waals surface area contributed by atoms with Crippen LogP contribution in [-0.2, 0) is 0 Å². The van der Waals surface area contributed by atoms with Gasteiger partial charge in [-0.25, -0.2) is 4.98 Å². The summed E-state index contributed by atoms with van der Waals surface area (Å²) in [4.78, 5) is 7.11. The van der Waals surface area contributed by atoms with Gasteiger partial charge in [0.25, 0.3) is 0 Å². The standard InChI is InChI=1S/C8H8BN3/c1-4-7(10)5(9)2-6-8(4)12-3-11-6/h2-3H,10H2,1H3,(H,11,12). The molecule has 0 aliphatic heterocycles. The van der Waals surface area contributed by atoms with Crippen molar-refractivity contribution in [2.24, 2.45) is 0 Å². The molecule has 0 unspecified atom stereocenters. The first-order valence-electron chi connectivity index (χ1n) is 3.68. The number of aromatic nitrogens is 2. The molecule has 2 aromatic rings. The Morgan fingerprint density at radius 3 is 3.08 bits per heavy atom. The van der Waals surface area contributed by atoms with Crippen LogP contribution in [0.2, 0.25) is 0 Å². The highest BCUT2D eigenvalue weighted by molar-refractivity contribution is 6.36. The van der Waals surface area contributed by atoms with Gasteiger partial charge in [-0.1, -0.05) is 5.46 Å². The highest BCUT2D eigenvalue weighted by atomic mass is 14.9. The smallest absolute Gasteiger partial charge is 0.116 e. The van der Waals surface area contributed by atoms with Crippen molar-refractivity contribution in [3.8, 4) is 0 Å². The van der Waals surface area contributed by atoms with Gasteiger partial charge < -0.3 is 10.7 Å². The molecule has 0 aliphatic carbocycles. The van der Waals surface area contributed by atoms with Crippen LogP contribution in [0.15, 0.2) is 12.4 Å². The molecular formula is C8H8BN3. The Labute approximate surface area is 71.4 Å². The molecule has 2 rings (SSSR count). The summed E-state index contributed by atoms with van der Waals surface area (Å²) in [6.07, 6.45) is 1.64. The van der Waals surface area contributed by atoms with E-state index in [2.05, 4.69) is 9.97 Å². The number of rotatable bonds is 0. The minimum atomic E-state index is 0.601. The highest BCUT2D eigenvalue weighted by Crippen LogP contribution is 2.17. The number of nitrogens with two attached hydrogens (primary N) is 1. The zero-order chi connectivity index (χ0) is 8.72. The SMILES string of the molecule is [B]c1cc2[nH]cnc2c(C)c1N. The number of aromatic amines is 1. The molecule has 2 radical (unpaired) electrons. The van der Waals surface area contributed by atoms with E-state index in [1.165, 1.54) is 0 Å². The summed E-state index contributed by atoms with van der Waals surface area (Å²) < 4.78 is 0. The van der Waals surface area contributed by atoms with Crippen LogP contribution in [0.4, 0.5) is 5.69 Å². The Morgan fingerprint density at radius 1 is 1.58 bits per heavy atom. The maximum Gasteiger partial charge on any atom is 0.116 e. The second-order valence-corrected chi connectivity index (χ2v) is 2.80. The Morgan fingerprint density at radius 2 is 2.33 bits per heavy atom. The molecule has 3 N–H and O–H groups in total. The van der Waals surface area contributed by atoms with Crippen LogP contribution < -0.4 is 11.2 Å². The molecule has 0 atom stereocenters. The average Bonchev–Trinajstić information content (AvgIpc) is 2.48. The lowest BCUT2D eigenvalue weighted by atomic mass is 9.91. The van der Waals surface area contributed by atoms with Gasteiger partial charge in [0.15, 0.2) is 0 Å². The van der Waals surface area contributed by atoms with E-state index < -0.39 is 0 Å². The van der Waals surface area contributed by atoms with E-state index in [0.29, 0.717) is 11.2 Å². The second-order valence-electron chi connectivity index (χ2n) is 2.80. The predicted octanol–water partition coefficient (Wildman–Crippen LogP) is 0.247. The summed E-state index contributed by atoms with van der Waals surface area (Å²) in [5.74, 6) is 0. The number of fused-ring (bicyclic) bond motifs is 1. The fourth-order valence-corrected chi connectivity index (χ4v) is 1.29. The van der Waals surface area contributed by atoms with E-state index in [1.54, 1.807) is 12.4 Å². The summed E-state index contributed by atoms with van der Waals surface area (Å²) in [5.41, 5.74) is 9.71. The molecule has 0 fully saturated rings. The maximum atomic E-state index is 5.73. The number of nitrogens with zero attached hydrogens (tertiary/aromatic N) is 1. The van der Waals surface area contributed by atoms with Crippen LogP contribution in [0.1, 0.15) is 5.56 Å². The number of hydrogen-bond acceptors (Lipinski definition) is 2. The fraction of sp³-hybridized carbons (Fsp3) is 0.125. The summed E-state index contributed by atoms with van der Waals surface area (Å²) in [6.45, 7) is 1.91. The van der Waals surface area contributed by atoms with Gasteiger partial charge >= 0.3 is 0 Å². The van der Waals surface area contributed by atoms with Crippen LogP contribution in [0.5, 0.6) is 0 Å². The van der Waals surface area contributed by atoms with E-state index in [0.717, 1.165) is 16.6 Å². The Balaban J connectivity index is 2.94. The third kappa shape index (κ3) is 0.810. The van der Waals surface area contributed by atoms with Crippen LogP contribution in [0.3, 0.4) is 0 Å². The number of anilines is 1. The number of benzene rings is 1. The Bertz CT molecular complexity index is 433. The molecular weight excluding hydrogens is 149 g/mol. The van der Waals surface area contributed by atoms with Gasteiger partial charge in [-0.05, 0) is 18.6 Å². The van der Waals surface area contributed by atoms with Gasteiger partial charge in [0.1, 0.15) is 7.85 Å². The van der Waals surface area contributed by atoms with Crippen molar-refractivity contribution in [3.05, 3.63) is 18.0 Å². The summed E-state index contributed by atoms with van der Waals surface area (Å²) in [6, 6.07) is 1.80. The molecule has 1 aromatic carbocycles. The van der Waals surface area contributed by atoms with Gasteiger partial charge in [-0.2, -0.15) is 0 Å². The number of hydrogen-bond donors (Lipinski definition) is 2. The Kier molecular flexibility index (Phi) is 1.36. The van der Waals surface area contributed by atoms with Crippen molar-refractivity contribution < 1.29 is 0 Å². The minimum absolute atomic E-state index is 0.601. The van der Waals surface area contributed by atoms with Crippen molar-refractivity contribution in [2.75, 3.05) is 5.73 Å².